The number of benzene rings is 2. The van der Waals surface area contributed by atoms with E-state index >= 15 is 0 Å². The van der Waals surface area contributed by atoms with Crippen molar-refractivity contribution in [3.63, 3.8) is 0 Å². The summed E-state index contributed by atoms with van der Waals surface area (Å²) >= 11 is 11.9. The van der Waals surface area contributed by atoms with Crippen molar-refractivity contribution in [3.8, 4) is 0 Å². The molecule has 0 N–H and O–H groups in total. The van der Waals surface area contributed by atoms with Gasteiger partial charge in [-0.2, -0.15) is 0 Å². The molecule has 0 atom stereocenters. The van der Waals surface area contributed by atoms with E-state index in [0.29, 0.717) is 16.6 Å². The van der Waals surface area contributed by atoms with Crippen molar-refractivity contribution in [2.24, 2.45) is 4.99 Å². The number of aliphatic imine (C=N–C) groups is 1. The van der Waals surface area contributed by atoms with E-state index in [4.69, 9.17) is 33.5 Å². The molecule has 0 unspecified atom stereocenters. The molecule has 3 rings (SSSR count). The van der Waals surface area contributed by atoms with Crippen LogP contribution >= 0.6 is 23.8 Å². The summed E-state index contributed by atoms with van der Waals surface area (Å²) in [5.74, 6) is -0.371. The Hall–Kier alpha value is -2.24. The van der Waals surface area contributed by atoms with Crippen LogP contribution in [-0.2, 0) is 9.53 Å². The number of esters is 1. The molecule has 0 fully saturated rings. The Balaban J connectivity index is 2.23. The average molecular weight is 387 g/mol. The summed E-state index contributed by atoms with van der Waals surface area (Å²) in [5.41, 5.74) is 2.41. The Morgan fingerprint density at radius 3 is 2.58 bits per heavy atom. The lowest BCUT2D eigenvalue weighted by atomic mass is 9.96. The van der Waals surface area contributed by atoms with Gasteiger partial charge in [0.25, 0.3) is 0 Å². The zero-order valence-electron chi connectivity index (χ0n) is 14.8. The van der Waals surface area contributed by atoms with Gasteiger partial charge in [0.1, 0.15) is 10.5 Å². The first-order valence-electron chi connectivity index (χ1n) is 8.17. The van der Waals surface area contributed by atoms with Crippen molar-refractivity contribution in [1.29, 1.82) is 0 Å². The Bertz CT molecular complexity index is 894. The number of carbonyl (C=O) groups is 1. The first kappa shape index (κ1) is 18.5. The molecule has 134 valence electrons. The molecule has 0 amide bonds. The molecule has 0 aliphatic carbocycles. The lowest BCUT2D eigenvalue weighted by Gasteiger charge is -2.38. The van der Waals surface area contributed by atoms with E-state index in [0.717, 1.165) is 22.5 Å². The van der Waals surface area contributed by atoms with Crippen molar-refractivity contribution in [1.82, 2.24) is 0 Å². The van der Waals surface area contributed by atoms with Crippen LogP contribution in [-0.4, -0.2) is 35.9 Å². The Labute approximate surface area is 163 Å². The van der Waals surface area contributed by atoms with Crippen LogP contribution in [0.4, 0.5) is 5.69 Å². The van der Waals surface area contributed by atoms with E-state index in [1.54, 1.807) is 19.9 Å². The highest BCUT2D eigenvalue weighted by atomic mass is 35.5. The minimum atomic E-state index is -0.976. The van der Waals surface area contributed by atoms with E-state index in [-0.39, 0.29) is 5.97 Å². The molecule has 0 bridgehead atoms. The molecule has 2 aromatic carbocycles. The van der Waals surface area contributed by atoms with Gasteiger partial charge in [-0.15, -0.1) is 0 Å². The van der Waals surface area contributed by atoms with Crippen molar-refractivity contribution >= 4 is 46.2 Å². The standard InChI is InChI=1S/C20H19ClN2O2S/c1-20(2,19(24)25-3)23-16-10-9-14(21)11-15(16)18(22-12-17(23)26)13-7-5-4-6-8-13/h4-11H,12H2,1-3H3. The van der Waals surface area contributed by atoms with Crippen molar-refractivity contribution < 1.29 is 9.53 Å². The molecule has 2 aromatic rings. The summed E-state index contributed by atoms with van der Waals surface area (Å²) in [6.45, 7) is 3.88. The maximum Gasteiger partial charge on any atom is 0.331 e. The molecular weight excluding hydrogens is 368 g/mol. The van der Waals surface area contributed by atoms with E-state index < -0.39 is 5.54 Å². The van der Waals surface area contributed by atoms with Crippen LogP contribution in [0.15, 0.2) is 53.5 Å². The van der Waals surface area contributed by atoms with Crippen LogP contribution in [0.2, 0.25) is 5.02 Å². The second-order valence-electron chi connectivity index (χ2n) is 6.47. The lowest BCUT2D eigenvalue weighted by molar-refractivity contribution is -0.145. The first-order valence-corrected chi connectivity index (χ1v) is 8.96. The Morgan fingerprint density at radius 2 is 1.92 bits per heavy atom. The second-order valence-corrected chi connectivity index (χ2v) is 7.38. The quantitative estimate of drug-likeness (QED) is 0.583. The molecule has 0 aromatic heterocycles. The number of halogens is 1. The van der Waals surface area contributed by atoms with Gasteiger partial charge in [-0.1, -0.05) is 54.2 Å². The molecule has 1 heterocycles. The summed E-state index contributed by atoms with van der Waals surface area (Å²) in [6, 6.07) is 15.4. The smallest absolute Gasteiger partial charge is 0.331 e. The zero-order valence-corrected chi connectivity index (χ0v) is 16.4. The third-order valence-electron chi connectivity index (χ3n) is 4.37. The van der Waals surface area contributed by atoms with Crippen molar-refractivity contribution in [2.45, 2.75) is 19.4 Å². The highest BCUT2D eigenvalue weighted by Crippen LogP contribution is 2.34. The predicted molar refractivity (Wildman–Crippen MR) is 110 cm³/mol. The van der Waals surface area contributed by atoms with Gasteiger partial charge in [0, 0.05) is 16.1 Å². The first-order chi connectivity index (χ1) is 12.4. The summed E-state index contributed by atoms with van der Waals surface area (Å²) in [4.78, 5) is 19.5. The molecule has 1 aliphatic rings. The highest BCUT2D eigenvalue weighted by Gasteiger charge is 2.40. The highest BCUT2D eigenvalue weighted by molar-refractivity contribution is 7.80. The number of methoxy groups -OCH3 is 1. The maximum atomic E-state index is 12.4. The number of thiocarbonyl (C=S) groups is 1. The van der Waals surface area contributed by atoms with Crippen molar-refractivity contribution in [2.75, 3.05) is 18.6 Å². The lowest BCUT2D eigenvalue weighted by Crippen LogP contribution is -2.54. The van der Waals surface area contributed by atoms with Gasteiger partial charge in [-0.05, 0) is 32.0 Å². The molecule has 6 heteroatoms. The van der Waals surface area contributed by atoms with Gasteiger partial charge >= 0.3 is 5.97 Å². The fourth-order valence-electron chi connectivity index (χ4n) is 3.13. The number of rotatable bonds is 3. The topological polar surface area (TPSA) is 41.9 Å². The van der Waals surface area contributed by atoms with Gasteiger partial charge in [0.2, 0.25) is 0 Å². The third kappa shape index (κ3) is 3.24. The minimum absolute atomic E-state index is 0.298. The monoisotopic (exact) mass is 386 g/mol. The number of hydrogen-bond donors (Lipinski definition) is 0. The van der Waals surface area contributed by atoms with Crippen LogP contribution < -0.4 is 4.90 Å². The molecule has 1 aliphatic heterocycles. The van der Waals surface area contributed by atoms with Crippen LogP contribution in [0, 0.1) is 0 Å². The van der Waals surface area contributed by atoms with E-state index in [1.165, 1.54) is 7.11 Å². The molecule has 0 spiro atoms. The van der Waals surface area contributed by atoms with Gasteiger partial charge in [0.05, 0.1) is 25.1 Å². The molecule has 4 nitrogen and oxygen atoms in total. The summed E-state index contributed by atoms with van der Waals surface area (Å²) < 4.78 is 5.00. The molecule has 0 radical (unpaired) electrons. The third-order valence-corrected chi connectivity index (χ3v) is 4.91. The van der Waals surface area contributed by atoms with Gasteiger partial charge in [0.15, 0.2) is 0 Å². The van der Waals surface area contributed by atoms with Crippen LogP contribution in [0.5, 0.6) is 0 Å². The predicted octanol–water partition coefficient (Wildman–Crippen LogP) is 4.28. The Morgan fingerprint density at radius 1 is 1.23 bits per heavy atom. The summed E-state index contributed by atoms with van der Waals surface area (Å²) in [6.07, 6.45) is 0. The number of hydrogen-bond acceptors (Lipinski definition) is 4. The molecule has 0 saturated carbocycles. The van der Waals surface area contributed by atoms with Gasteiger partial charge < -0.3 is 9.64 Å². The van der Waals surface area contributed by atoms with Gasteiger partial charge in [-0.3, -0.25) is 4.99 Å². The summed E-state index contributed by atoms with van der Waals surface area (Å²) in [5, 5.41) is 0.594. The van der Waals surface area contributed by atoms with Gasteiger partial charge in [-0.25, -0.2) is 4.79 Å². The summed E-state index contributed by atoms with van der Waals surface area (Å²) in [7, 11) is 1.37. The molecular formula is C20H19ClN2O2S. The average Bonchev–Trinajstić information content (AvgIpc) is 2.77. The van der Waals surface area contributed by atoms with Crippen molar-refractivity contribution in [3.05, 3.63) is 64.7 Å². The number of anilines is 1. The van der Waals surface area contributed by atoms with E-state index in [9.17, 15) is 4.79 Å². The minimum Gasteiger partial charge on any atom is -0.467 e. The maximum absolute atomic E-state index is 12.4. The fourth-order valence-corrected chi connectivity index (χ4v) is 3.69. The van der Waals surface area contributed by atoms with Crippen LogP contribution in [0.1, 0.15) is 25.0 Å². The van der Waals surface area contributed by atoms with E-state index in [2.05, 4.69) is 0 Å². The number of benzodiazepines with no additional fused rings is 1. The number of nitrogens with zero attached hydrogens (tertiary/aromatic N) is 2. The SMILES string of the molecule is COC(=O)C(C)(C)N1C(=S)CN=C(c2ccccc2)c2cc(Cl)ccc21. The molecule has 26 heavy (non-hydrogen) atoms. The Kier molecular flexibility index (Phi) is 5.12. The number of carbonyl (C=O) groups excluding carboxylic acids is 1. The molecule has 0 saturated heterocycles. The van der Waals surface area contributed by atoms with Crippen LogP contribution in [0.3, 0.4) is 0 Å². The largest absolute Gasteiger partial charge is 0.467 e. The second kappa shape index (κ2) is 7.17. The fraction of sp³-hybridized carbons (Fsp3) is 0.250. The normalized spacial score (nSPS) is 14.4. The number of fused-ring (bicyclic) bond motifs is 1. The number of ether oxygens (including phenoxy) is 1. The zero-order chi connectivity index (χ0) is 18.9. The van der Waals surface area contributed by atoms with E-state index in [1.807, 2.05) is 47.4 Å². The van der Waals surface area contributed by atoms with Crippen LogP contribution in [0.25, 0.3) is 0 Å².